The highest BCUT2D eigenvalue weighted by atomic mass is 16.1. The Bertz CT molecular complexity index is 904. The Balaban J connectivity index is 1.43. The fraction of sp³-hybridized carbons (Fsp3) is 0.591. The molecule has 0 saturated carbocycles. The highest BCUT2D eigenvalue weighted by Crippen LogP contribution is 2.22. The van der Waals surface area contributed by atoms with E-state index in [9.17, 15) is 4.79 Å². The Morgan fingerprint density at radius 3 is 2.67 bits per heavy atom. The van der Waals surface area contributed by atoms with Gasteiger partial charge in [-0.3, -0.25) is 9.69 Å². The van der Waals surface area contributed by atoms with Crippen molar-refractivity contribution in [2.75, 3.05) is 70.2 Å². The zero-order valence-corrected chi connectivity index (χ0v) is 18.4. The molecule has 2 aromatic rings. The predicted molar refractivity (Wildman–Crippen MR) is 120 cm³/mol. The molecule has 4 rings (SSSR count). The molecule has 2 saturated heterocycles. The predicted octanol–water partition coefficient (Wildman–Crippen LogP) is 1.29. The van der Waals surface area contributed by atoms with Crippen molar-refractivity contribution in [1.82, 2.24) is 24.6 Å². The number of hydrogen-bond acceptors (Lipinski definition) is 7. The minimum absolute atomic E-state index is 0.0112. The van der Waals surface area contributed by atoms with Crippen LogP contribution in [0.3, 0.4) is 0 Å². The maximum absolute atomic E-state index is 12.9. The van der Waals surface area contributed by atoms with Gasteiger partial charge < -0.3 is 14.7 Å². The number of piperazine rings is 1. The minimum Gasteiger partial charge on any atom is -0.368 e. The molecule has 0 aromatic carbocycles. The van der Waals surface area contributed by atoms with E-state index in [1.807, 2.05) is 31.4 Å². The van der Waals surface area contributed by atoms with Crippen molar-refractivity contribution in [1.29, 1.82) is 0 Å². The smallest absolute Gasteiger partial charge is 0.269 e. The van der Waals surface area contributed by atoms with Gasteiger partial charge in [0.1, 0.15) is 5.82 Å². The molecule has 2 aliphatic heterocycles. The van der Waals surface area contributed by atoms with E-state index in [0.717, 1.165) is 70.2 Å². The van der Waals surface area contributed by atoms with Crippen molar-refractivity contribution < 1.29 is 0 Å². The Morgan fingerprint density at radius 2 is 1.93 bits per heavy atom. The molecule has 0 radical (unpaired) electrons. The summed E-state index contributed by atoms with van der Waals surface area (Å²) >= 11 is 0. The Hall–Kier alpha value is -2.45. The van der Waals surface area contributed by atoms with Crippen LogP contribution in [0.1, 0.15) is 24.4 Å². The molecular weight excluding hydrogens is 378 g/mol. The molecule has 2 fully saturated rings. The number of likely N-dealkylation sites (tertiary alicyclic amines) is 1. The summed E-state index contributed by atoms with van der Waals surface area (Å²) in [7, 11) is 6.15. The molecule has 0 unspecified atom stereocenters. The van der Waals surface area contributed by atoms with Gasteiger partial charge in [-0.1, -0.05) is 0 Å². The maximum atomic E-state index is 12.9. The van der Waals surface area contributed by atoms with Gasteiger partial charge in [-0.15, -0.1) is 0 Å². The van der Waals surface area contributed by atoms with Crippen molar-refractivity contribution in [2.45, 2.75) is 25.4 Å². The van der Waals surface area contributed by atoms with E-state index >= 15 is 0 Å². The van der Waals surface area contributed by atoms with E-state index in [-0.39, 0.29) is 11.6 Å². The number of rotatable bonds is 5. The van der Waals surface area contributed by atoms with E-state index < -0.39 is 0 Å². The second-order valence-electron chi connectivity index (χ2n) is 8.73. The first-order chi connectivity index (χ1) is 14.5. The van der Waals surface area contributed by atoms with Gasteiger partial charge in [0.2, 0.25) is 0 Å². The summed E-state index contributed by atoms with van der Waals surface area (Å²) in [5.74, 6) is 0.971. The van der Waals surface area contributed by atoms with Crippen LogP contribution in [0.2, 0.25) is 0 Å². The summed E-state index contributed by atoms with van der Waals surface area (Å²) in [6, 6.07) is 6.11. The van der Waals surface area contributed by atoms with Crippen molar-refractivity contribution in [3.8, 4) is 0 Å². The molecule has 0 N–H and O–H groups in total. The number of hydrogen-bond donors (Lipinski definition) is 0. The average Bonchev–Trinajstić information content (AvgIpc) is 2.74. The maximum Gasteiger partial charge on any atom is 0.269 e. The van der Waals surface area contributed by atoms with Crippen molar-refractivity contribution in [3.05, 3.63) is 46.5 Å². The summed E-state index contributed by atoms with van der Waals surface area (Å²) in [5.41, 5.74) is 2.21. The molecular formula is C22H33N7O. The van der Waals surface area contributed by atoms with Crippen LogP contribution in [-0.2, 0) is 6.54 Å². The monoisotopic (exact) mass is 411 g/mol. The summed E-state index contributed by atoms with van der Waals surface area (Å²) in [5, 5.41) is 4.58. The van der Waals surface area contributed by atoms with Gasteiger partial charge in [-0.05, 0) is 44.1 Å². The van der Waals surface area contributed by atoms with Crippen molar-refractivity contribution >= 4 is 11.5 Å². The number of likely N-dealkylation sites (N-methyl/N-ethyl adjacent to an activating group) is 1. The van der Waals surface area contributed by atoms with Crippen LogP contribution in [-0.4, -0.2) is 85.0 Å². The number of anilines is 2. The number of aromatic nitrogens is 3. The number of piperidine rings is 1. The lowest BCUT2D eigenvalue weighted by Gasteiger charge is -2.35. The van der Waals surface area contributed by atoms with Gasteiger partial charge in [0, 0.05) is 65.6 Å². The van der Waals surface area contributed by atoms with E-state index in [0.29, 0.717) is 0 Å². The lowest BCUT2D eigenvalue weighted by Crippen LogP contribution is -2.45. The van der Waals surface area contributed by atoms with Crippen LogP contribution in [0.15, 0.2) is 35.4 Å². The van der Waals surface area contributed by atoms with Gasteiger partial charge in [0.15, 0.2) is 0 Å². The highest BCUT2D eigenvalue weighted by Gasteiger charge is 2.24. The average molecular weight is 412 g/mol. The van der Waals surface area contributed by atoms with Crippen LogP contribution in [0.25, 0.3) is 0 Å². The molecule has 4 heterocycles. The molecule has 0 aliphatic carbocycles. The second-order valence-corrected chi connectivity index (χ2v) is 8.73. The molecule has 8 nitrogen and oxygen atoms in total. The SMILES string of the molecule is CN1CCN(c2cnn([C@H]3CCCN(Cc4ccnc(N(C)C)c4)C3)c(=O)c2)CC1. The van der Waals surface area contributed by atoms with Crippen molar-refractivity contribution in [2.24, 2.45) is 0 Å². The molecule has 30 heavy (non-hydrogen) atoms. The third kappa shape index (κ3) is 4.82. The topological polar surface area (TPSA) is 60.7 Å². The first kappa shape index (κ1) is 20.8. The normalized spacial score (nSPS) is 21.0. The summed E-state index contributed by atoms with van der Waals surface area (Å²) < 4.78 is 1.70. The third-order valence-corrected chi connectivity index (χ3v) is 6.18. The second kappa shape index (κ2) is 9.14. The Labute approximate surface area is 178 Å². The zero-order chi connectivity index (χ0) is 21.1. The van der Waals surface area contributed by atoms with Crippen LogP contribution in [0, 0.1) is 0 Å². The molecule has 2 aromatic heterocycles. The van der Waals surface area contributed by atoms with E-state index in [1.54, 1.807) is 10.7 Å². The molecule has 0 spiro atoms. The molecule has 1 atom stereocenters. The van der Waals surface area contributed by atoms with Crippen LogP contribution in [0.4, 0.5) is 11.5 Å². The first-order valence-electron chi connectivity index (χ1n) is 10.9. The Morgan fingerprint density at radius 1 is 1.13 bits per heavy atom. The van der Waals surface area contributed by atoms with Gasteiger partial charge in [0.25, 0.3) is 5.56 Å². The molecule has 0 amide bonds. The molecule has 2 aliphatic rings. The van der Waals surface area contributed by atoms with Gasteiger partial charge in [-0.25, -0.2) is 9.67 Å². The summed E-state index contributed by atoms with van der Waals surface area (Å²) in [6.45, 7) is 6.69. The van der Waals surface area contributed by atoms with Gasteiger partial charge in [0.05, 0.1) is 17.9 Å². The standard InChI is InChI=1S/C22H33N7O/c1-25(2)21-13-18(6-7-23-21)16-27-8-4-5-19(17-27)29-22(30)14-20(15-24-29)28-11-9-26(3)10-12-28/h6-7,13-15,19H,4-5,8-12,16-17H2,1-3H3/t19-/m0/s1. The largest absolute Gasteiger partial charge is 0.368 e. The highest BCUT2D eigenvalue weighted by molar-refractivity contribution is 5.43. The molecule has 8 heteroatoms. The van der Waals surface area contributed by atoms with E-state index in [2.05, 4.69) is 44.0 Å². The van der Waals surface area contributed by atoms with E-state index in [4.69, 9.17) is 0 Å². The lowest BCUT2D eigenvalue weighted by atomic mass is 10.0. The minimum atomic E-state index is 0.0112. The van der Waals surface area contributed by atoms with Gasteiger partial charge >= 0.3 is 0 Å². The third-order valence-electron chi connectivity index (χ3n) is 6.18. The number of pyridine rings is 1. The Kier molecular flexibility index (Phi) is 6.34. The zero-order valence-electron chi connectivity index (χ0n) is 18.4. The van der Waals surface area contributed by atoms with Crippen LogP contribution >= 0.6 is 0 Å². The lowest BCUT2D eigenvalue weighted by molar-refractivity contribution is 0.160. The summed E-state index contributed by atoms with van der Waals surface area (Å²) in [6.07, 6.45) is 5.81. The quantitative estimate of drug-likeness (QED) is 0.735. The van der Waals surface area contributed by atoms with Gasteiger partial charge in [-0.2, -0.15) is 5.10 Å². The molecule has 162 valence electrons. The first-order valence-corrected chi connectivity index (χ1v) is 10.9. The van der Waals surface area contributed by atoms with Crippen LogP contribution in [0.5, 0.6) is 0 Å². The number of nitrogens with zero attached hydrogens (tertiary/aromatic N) is 7. The van der Waals surface area contributed by atoms with Crippen LogP contribution < -0.4 is 15.4 Å². The molecule has 0 bridgehead atoms. The van der Waals surface area contributed by atoms with E-state index in [1.165, 1.54) is 5.56 Å². The fourth-order valence-electron chi connectivity index (χ4n) is 4.36. The van der Waals surface area contributed by atoms with Crippen molar-refractivity contribution in [3.63, 3.8) is 0 Å². The summed E-state index contributed by atoms with van der Waals surface area (Å²) in [4.78, 5) is 26.3. The fourth-order valence-corrected chi connectivity index (χ4v) is 4.36.